The maximum atomic E-state index is 10.3. The van der Waals surface area contributed by atoms with Gasteiger partial charge in [-0.25, -0.2) is 4.79 Å². The number of carboxylic acids is 1. The lowest BCUT2D eigenvalue weighted by molar-refractivity contribution is -0.164. The molecule has 7 heteroatoms. The van der Waals surface area contributed by atoms with Crippen LogP contribution in [0.25, 0.3) is 0 Å². The molecule has 0 aromatic heterocycles. The van der Waals surface area contributed by atoms with Crippen molar-refractivity contribution in [3.8, 4) is 0 Å². The van der Waals surface area contributed by atoms with E-state index in [9.17, 15) is 4.79 Å². The Labute approximate surface area is 74.3 Å². The van der Waals surface area contributed by atoms with Gasteiger partial charge in [-0.05, 0) is 19.1 Å². The van der Waals surface area contributed by atoms with E-state index in [1.165, 1.54) is 0 Å². The zero-order valence-corrected chi connectivity index (χ0v) is 7.39. The largest absolute Gasteiger partial charge is 0.478 e. The van der Waals surface area contributed by atoms with Crippen LogP contribution in [0.5, 0.6) is 0 Å². The molecule has 0 rings (SSSR count). The first-order valence-electron chi connectivity index (χ1n) is 2.54. The van der Waals surface area contributed by atoms with Crippen LogP contribution in [0.2, 0.25) is 0 Å². The Hall–Kier alpha value is -0.530. The molecule has 0 aromatic rings. The zero-order chi connectivity index (χ0) is 9.23. The summed E-state index contributed by atoms with van der Waals surface area (Å²) in [7, 11) is 0. The van der Waals surface area contributed by atoms with Crippen molar-refractivity contribution in [3.63, 3.8) is 0 Å². The van der Waals surface area contributed by atoms with Gasteiger partial charge in [0.25, 0.3) is 0 Å². The minimum atomic E-state index is -2.17. The van der Waals surface area contributed by atoms with E-state index in [1.807, 2.05) is 0 Å². The van der Waals surface area contributed by atoms with E-state index in [4.69, 9.17) is 15.9 Å². The molecule has 0 aliphatic carbocycles. The lowest BCUT2D eigenvalue weighted by Crippen LogP contribution is -2.51. The molecule has 0 fully saturated rings. The van der Waals surface area contributed by atoms with Crippen molar-refractivity contribution in [1.29, 1.82) is 0 Å². The fourth-order valence-electron chi connectivity index (χ4n) is 0.305. The fourth-order valence-corrected chi connectivity index (χ4v) is 0.568. The van der Waals surface area contributed by atoms with E-state index in [1.54, 1.807) is 0 Å². The van der Waals surface area contributed by atoms with Crippen LogP contribution in [0.3, 0.4) is 0 Å². The summed E-state index contributed by atoms with van der Waals surface area (Å²) in [5, 5.41) is 17.2. The summed E-state index contributed by atoms with van der Waals surface area (Å²) >= 11 is 7.97. The SMILES string of the molecule is CC(O)(C(=O)O)N(S)C(N)=S. The van der Waals surface area contributed by atoms with Crippen molar-refractivity contribution in [2.75, 3.05) is 0 Å². The molecule has 0 radical (unpaired) electrons. The molecule has 11 heavy (non-hydrogen) atoms. The second-order valence-electron chi connectivity index (χ2n) is 1.98. The highest BCUT2D eigenvalue weighted by Crippen LogP contribution is 2.13. The number of aliphatic hydroxyl groups is 1. The molecule has 64 valence electrons. The Kier molecular flexibility index (Phi) is 3.09. The molecule has 1 unspecified atom stereocenters. The van der Waals surface area contributed by atoms with E-state index in [2.05, 4.69) is 25.0 Å². The molecule has 5 nitrogen and oxygen atoms in total. The van der Waals surface area contributed by atoms with Gasteiger partial charge >= 0.3 is 5.97 Å². The average molecular weight is 196 g/mol. The number of nitrogens with zero attached hydrogens (tertiary/aromatic N) is 1. The predicted octanol–water partition coefficient (Wildman–Crippen LogP) is -0.830. The molecule has 0 amide bonds. The molecule has 0 bridgehead atoms. The van der Waals surface area contributed by atoms with Crippen LogP contribution in [0.4, 0.5) is 0 Å². The number of nitrogens with two attached hydrogens (primary N) is 1. The molecule has 0 saturated carbocycles. The highest BCUT2D eigenvalue weighted by atomic mass is 32.1. The van der Waals surface area contributed by atoms with Crippen molar-refractivity contribution in [2.24, 2.45) is 5.73 Å². The molecule has 0 aliphatic rings. The zero-order valence-electron chi connectivity index (χ0n) is 5.68. The Bertz CT molecular complexity index is 194. The second-order valence-corrected chi connectivity index (χ2v) is 2.79. The first kappa shape index (κ1) is 10.5. The Balaban J connectivity index is 4.55. The summed E-state index contributed by atoms with van der Waals surface area (Å²) in [6.45, 7) is 1.02. The van der Waals surface area contributed by atoms with Gasteiger partial charge in [-0.1, -0.05) is 12.8 Å². The standard InChI is InChI=1S/C4H8N2O3S2/c1-4(9,2(7)8)6(11)3(5)10/h9,11H,1H3,(H2,5,10)(H,7,8). The number of carboxylic acid groups (broad SMARTS) is 1. The van der Waals surface area contributed by atoms with Gasteiger partial charge in [0.1, 0.15) is 0 Å². The van der Waals surface area contributed by atoms with E-state index < -0.39 is 11.7 Å². The summed E-state index contributed by atoms with van der Waals surface area (Å²) in [6.07, 6.45) is 0. The third-order valence-electron chi connectivity index (χ3n) is 1.03. The molecule has 0 aromatic carbocycles. The maximum absolute atomic E-state index is 10.3. The molecule has 1 atom stereocenters. The Morgan fingerprint density at radius 2 is 2.18 bits per heavy atom. The van der Waals surface area contributed by atoms with Crippen molar-refractivity contribution in [1.82, 2.24) is 4.31 Å². The van der Waals surface area contributed by atoms with Crippen molar-refractivity contribution in [2.45, 2.75) is 12.6 Å². The number of thiocarbonyl (C=S) groups is 1. The number of carbonyl (C=O) groups is 1. The summed E-state index contributed by atoms with van der Waals surface area (Å²) in [4.78, 5) is 10.3. The van der Waals surface area contributed by atoms with E-state index in [0.717, 1.165) is 6.92 Å². The highest BCUT2D eigenvalue weighted by Gasteiger charge is 2.36. The summed E-state index contributed by atoms with van der Waals surface area (Å²) in [5.41, 5.74) is 2.85. The Morgan fingerprint density at radius 3 is 2.27 bits per heavy atom. The number of hydrogen-bond acceptors (Lipinski definition) is 4. The van der Waals surface area contributed by atoms with Crippen LogP contribution >= 0.6 is 25.0 Å². The van der Waals surface area contributed by atoms with Crippen molar-refractivity contribution >= 4 is 36.1 Å². The van der Waals surface area contributed by atoms with Crippen LogP contribution in [0.15, 0.2) is 0 Å². The van der Waals surface area contributed by atoms with Gasteiger partial charge in [0.2, 0.25) is 5.72 Å². The van der Waals surface area contributed by atoms with Gasteiger partial charge in [-0.2, -0.15) is 0 Å². The third kappa shape index (κ3) is 2.21. The summed E-state index contributed by atoms with van der Waals surface area (Å²) in [6, 6.07) is 0. The predicted molar refractivity (Wildman–Crippen MR) is 45.9 cm³/mol. The first-order valence-corrected chi connectivity index (χ1v) is 3.35. The van der Waals surface area contributed by atoms with Crippen LogP contribution in [-0.4, -0.2) is 31.3 Å². The lowest BCUT2D eigenvalue weighted by Gasteiger charge is -2.28. The third-order valence-corrected chi connectivity index (χ3v) is 1.95. The van der Waals surface area contributed by atoms with E-state index in [0.29, 0.717) is 4.31 Å². The van der Waals surface area contributed by atoms with E-state index in [-0.39, 0.29) is 5.11 Å². The number of thiol groups is 1. The maximum Gasteiger partial charge on any atom is 0.357 e. The molecule has 0 heterocycles. The van der Waals surface area contributed by atoms with Crippen LogP contribution in [-0.2, 0) is 4.79 Å². The molecule has 0 saturated heterocycles. The highest BCUT2D eigenvalue weighted by molar-refractivity contribution is 7.84. The fraction of sp³-hybridized carbons (Fsp3) is 0.500. The number of aliphatic carboxylic acids is 1. The first-order chi connectivity index (χ1) is 4.80. The average Bonchev–Trinajstić information content (AvgIpc) is 1.85. The molecular weight excluding hydrogens is 188 g/mol. The molecule has 0 spiro atoms. The number of hydrogen-bond donors (Lipinski definition) is 4. The minimum Gasteiger partial charge on any atom is -0.478 e. The van der Waals surface area contributed by atoms with Gasteiger partial charge in [0.15, 0.2) is 5.11 Å². The molecule has 4 N–H and O–H groups in total. The van der Waals surface area contributed by atoms with Crippen LogP contribution < -0.4 is 5.73 Å². The van der Waals surface area contributed by atoms with Gasteiger partial charge in [0.05, 0.1) is 0 Å². The molecule has 0 aliphatic heterocycles. The van der Waals surface area contributed by atoms with Crippen LogP contribution in [0.1, 0.15) is 6.92 Å². The topological polar surface area (TPSA) is 86.8 Å². The summed E-state index contributed by atoms with van der Waals surface area (Å²) < 4.78 is 0.588. The monoisotopic (exact) mass is 196 g/mol. The van der Waals surface area contributed by atoms with Crippen molar-refractivity contribution in [3.05, 3.63) is 0 Å². The van der Waals surface area contributed by atoms with Crippen LogP contribution in [0, 0.1) is 0 Å². The second kappa shape index (κ2) is 3.24. The minimum absolute atomic E-state index is 0.305. The normalized spacial score (nSPS) is 15.2. The number of rotatable bonds is 2. The quantitative estimate of drug-likeness (QED) is 0.262. The van der Waals surface area contributed by atoms with Gasteiger partial charge in [-0.3, -0.25) is 4.31 Å². The smallest absolute Gasteiger partial charge is 0.357 e. The van der Waals surface area contributed by atoms with Gasteiger partial charge in [0, 0.05) is 0 Å². The summed E-state index contributed by atoms with van der Waals surface area (Å²) in [5.74, 6) is -1.47. The lowest BCUT2D eigenvalue weighted by atomic mass is 10.3. The van der Waals surface area contributed by atoms with Gasteiger partial charge in [-0.15, -0.1) is 0 Å². The van der Waals surface area contributed by atoms with Crippen molar-refractivity contribution < 1.29 is 15.0 Å². The molecular formula is C4H8N2O3S2. The Morgan fingerprint density at radius 1 is 1.82 bits per heavy atom. The van der Waals surface area contributed by atoms with Gasteiger partial charge < -0.3 is 15.9 Å². The van der Waals surface area contributed by atoms with E-state index >= 15 is 0 Å².